The van der Waals surface area contributed by atoms with E-state index in [2.05, 4.69) is 23.9 Å². The van der Waals surface area contributed by atoms with Crippen molar-refractivity contribution in [2.75, 3.05) is 5.32 Å². The quantitative estimate of drug-likeness (QED) is 0.854. The first-order valence-electron chi connectivity index (χ1n) is 6.36. The third kappa shape index (κ3) is 3.34. The van der Waals surface area contributed by atoms with E-state index in [-0.39, 0.29) is 5.75 Å². The van der Waals surface area contributed by atoms with Crippen LogP contribution in [0.4, 0.5) is 14.5 Å². The van der Waals surface area contributed by atoms with Crippen LogP contribution in [0.3, 0.4) is 0 Å². The molecule has 2 rings (SSSR count). The lowest BCUT2D eigenvalue weighted by Crippen LogP contribution is -2.37. The van der Waals surface area contributed by atoms with Gasteiger partial charge >= 0.3 is 6.61 Å². The van der Waals surface area contributed by atoms with Crippen molar-refractivity contribution in [1.82, 2.24) is 0 Å². The molecule has 0 spiro atoms. The average Bonchev–Trinajstić information content (AvgIpc) is 2.23. The maximum Gasteiger partial charge on any atom is 0.387 e. The number of hydrogen-bond acceptors (Lipinski definition) is 2. The summed E-state index contributed by atoms with van der Waals surface area (Å²) in [7, 11) is 0. The van der Waals surface area contributed by atoms with Crippen molar-refractivity contribution in [2.45, 2.75) is 39.3 Å². The van der Waals surface area contributed by atoms with Gasteiger partial charge in [0.15, 0.2) is 0 Å². The highest BCUT2D eigenvalue weighted by Crippen LogP contribution is 2.35. The average molecular weight is 255 g/mol. The van der Waals surface area contributed by atoms with E-state index in [9.17, 15) is 8.78 Å². The van der Waals surface area contributed by atoms with Crippen molar-refractivity contribution in [3.05, 3.63) is 24.3 Å². The van der Waals surface area contributed by atoms with Gasteiger partial charge in [-0.2, -0.15) is 8.78 Å². The highest BCUT2D eigenvalue weighted by atomic mass is 19.3. The molecular formula is C14H19F2NO. The monoisotopic (exact) mass is 255 g/mol. The minimum absolute atomic E-state index is 0.198. The van der Waals surface area contributed by atoms with Gasteiger partial charge in [0.25, 0.3) is 0 Å². The molecule has 18 heavy (non-hydrogen) atoms. The second-order valence-corrected chi connectivity index (χ2v) is 5.22. The van der Waals surface area contributed by atoms with Gasteiger partial charge in [-0.3, -0.25) is 0 Å². The minimum atomic E-state index is -2.76. The predicted octanol–water partition coefficient (Wildman–Crippen LogP) is 4.13. The fourth-order valence-corrected chi connectivity index (χ4v) is 2.29. The molecule has 100 valence electrons. The van der Waals surface area contributed by atoms with Crippen LogP contribution in [0, 0.1) is 11.8 Å². The van der Waals surface area contributed by atoms with Crippen LogP contribution in [0.2, 0.25) is 0 Å². The van der Waals surface area contributed by atoms with Crippen LogP contribution >= 0.6 is 0 Å². The minimum Gasteiger partial charge on any atom is -0.435 e. The first-order valence-corrected chi connectivity index (χ1v) is 6.36. The van der Waals surface area contributed by atoms with Crippen LogP contribution in [0.1, 0.15) is 26.7 Å². The Bertz CT molecular complexity index is 372. The number of anilines is 1. The Morgan fingerprint density at radius 2 is 1.78 bits per heavy atom. The number of rotatable bonds is 5. The predicted molar refractivity (Wildman–Crippen MR) is 68.0 cm³/mol. The summed E-state index contributed by atoms with van der Waals surface area (Å²) in [6, 6.07) is 7.19. The smallest absolute Gasteiger partial charge is 0.387 e. The van der Waals surface area contributed by atoms with Gasteiger partial charge in [-0.15, -0.1) is 0 Å². The molecule has 1 saturated carbocycles. The fourth-order valence-electron chi connectivity index (χ4n) is 2.29. The number of hydrogen-bond donors (Lipinski definition) is 1. The van der Waals surface area contributed by atoms with E-state index in [1.54, 1.807) is 24.3 Å². The van der Waals surface area contributed by atoms with Crippen LogP contribution in [-0.4, -0.2) is 12.7 Å². The van der Waals surface area contributed by atoms with Crippen molar-refractivity contribution in [2.24, 2.45) is 11.8 Å². The van der Waals surface area contributed by atoms with Gasteiger partial charge in [0.2, 0.25) is 0 Å². The number of nitrogens with one attached hydrogen (secondary N) is 1. The normalized spacial score (nSPS) is 23.0. The molecule has 0 heterocycles. The zero-order valence-electron chi connectivity index (χ0n) is 10.7. The first kappa shape index (κ1) is 13.1. The summed E-state index contributed by atoms with van der Waals surface area (Å²) in [4.78, 5) is 0. The van der Waals surface area contributed by atoms with E-state index in [1.807, 2.05) is 0 Å². The topological polar surface area (TPSA) is 21.3 Å². The van der Waals surface area contributed by atoms with Gasteiger partial charge in [0, 0.05) is 11.7 Å². The van der Waals surface area contributed by atoms with Crippen LogP contribution in [0.15, 0.2) is 24.3 Å². The summed E-state index contributed by atoms with van der Waals surface area (Å²) >= 11 is 0. The van der Waals surface area contributed by atoms with Crippen molar-refractivity contribution in [3.8, 4) is 5.75 Å². The Hall–Kier alpha value is -1.32. The Kier molecular flexibility index (Phi) is 4.04. The maximum atomic E-state index is 12.0. The highest BCUT2D eigenvalue weighted by Gasteiger charge is 2.30. The van der Waals surface area contributed by atoms with E-state index >= 15 is 0 Å². The Labute approximate surface area is 106 Å². The molecule has 0 bridgehead atoms. The lowest BCUT2D eigenvalue weighted by atomic mass is 9.73. The molecule has 0 saturated heterocycles. The van der Waals surface area contributed by atoms with Gasteiger partial charge in [0.1, 0.15) is 5.75 Å². The van der Waals surface area contributed by atoms with E-state index in [0.717, 1.165) is 17.5 Å². The largest absolute Gasteiger partial charge is 0.435 e. The Balaban J connectivity index is 1.81. The van der Waals surface area contributed by atoms with E-state index in [1.165, 1.54) is 12.8 Å². The van der Waals surface area contributed by atoms with Gasteiger partial charge in [-0.25, -0.2) is 0 Å². The third-order valence-electron chi connectivity index (χ3n) is 3.57. The van der Waals surface area contributed by atoms with Crippen LogP contribution in [-0.2, 0) is 0 Å². The lowest BCUT2D eigenvalue weighted by Gasteiger charge is -2.39. The van der Waals surface area contributed by atoms with Crippen molar-refractivity contribution in [1.29, 1.82) is 0 Å². The Morgan fingerprint density at radius 1 is 1.17 bits per heavy atom. The summed E-state index contributed by atoms with van der Waals surface area (Å²) in [5, 5.41) is 3.40. The molecule has 0 aliphatic heterocycles. The van der Waals surface area contributed by atoms with E-state index < -0.39 is 6.61 Å². The molecule has 1 aromatic rings. The number of halogens is 2. The molecule has 1 N–H and O–H groups in total. The summed E-state index contributed by atoms with van der Waals surface area (Å²) in [6.07, 6.45) is 2.37. The number of ether oxygens (including phenoxy) is 1. The summed E-state index contributed by atoms with van der Waals surface area (Å²) < 4.78 is 28.3. The summed E-state index contributed by atoms with van der Waals surface area (Å²) in [5.74, 6) is 1.75. The molecule has 1 aliphatic carbocycles. The number of benzene rings is 1. The molecule has 0 amide bonds. The molecule has 1 aliphatic rings. The van der Waals surface area contributed by atoms with E-state index in [4.69, 9.17) is 0 Å². The molecule has 0 atom stereocenters. The standard InChI is InChI=1S/C14H19F2NO/c1-9(2)10-7-12(8-10)17-11-3-5-13(6-4-11)18-14(15)16/h3-6,9-10,12,14,17H,7-8H2,1-2H3. The zero-order chi connectivity index (χ0) is 13.1. The molecular weight excluding hydrogens is 236 g/mol. The second-order valence-electron chi connectivity index (χ2n) is 5.22. The maximum absolute atomic E-state index is 12.0. The fraction of sp³-hybridized carbons (Fsp3) is 0.571. The van der Waals surface area contributed by atoms with Gasteiger partial charge < -0.3 is 10.1 Å². The van der Waals surface area contributed by atoms with Crippen LogP contribution in [0.25, 0.3) is 0 Å². The second kappa shape index (κ2) is 5.55. The van der Waals surface area contributed by atoms with Crippen LogP contribution < -0.4 is 10.1 Å². The summed E-state index contributed by atoms with van der Waals surface area (Å²) in [6.45, 7) is 1.73. The third-order valence-corrected chi connectivity index (χ3v) is 3.57. The molecule has 4 heteroatoms. The molecule has 0 aromatic heterocycles. The lowest BCUT2D eigenvalue weighted by molar-refractivity contribution is -0.0498. The number of alkyl halides is 2. The van der Waals surface area contributed by atoms with Crippen LogP contribution in [0.5, 0.6) is 5.75 Å². The molecule has 1 aromatic carbocycles. The van der Waals surface area contributed by atoms with Gasteiger partial charge in [-0.05, 0) is 48.9 Å². The van der Waals surface area contributed by atoms with Crippen molar-refractivity contribution < 1.29 is 13.5 Å². The molecule has 0 unspecified atom stereocenters. The zero-order valence-corrected chi connectivity index (χ0v) is 10.7. The van der Waals surface area contributed by atoms with E-state index in [0.29, 0.717) is 6.04 Å². The van der Waals surface area contributed by atoms with Gasteiger partial charge in [0.05, 0.1) is 0 Å². The molecule has 2 nitrogen and oxygen atoms in total. The first-order chi connectivity index (χ1) is 8.54. The highest BCUT2D eigenvalue weighted by molar-refractivity contribution is 5.47. The van der Waals surface area contributed by atoms with Crippen molar-refractivity contribution in [3.63, 3.8) is 0 Å². The SMILES string of the molecule is CC(C)C1CC(Nc2ccc(OC(F)F)cc2)C1. The summed E-state index contributed by atoms with van der Waals surface area (Å²) in [5.41, 5.74) is 0.962. The van der Waals surface area contributed by atoms with Gasteiger partial charge in [-0.1, -0.05) is 13.8 Å². The molecule has 1 fully saturated rings. The van der Waals surface area contributed by atoms with Crippen molar-refractivity contribution >= 4 is 5.69 Å². The Morgan fingerprint density at radius 3 is 2.28 bits per heavy atom. The molecule has 0 radical (unpaired) electrons.